The summed E-state index contributed by atoms with van der Waals surface area (Å²) in [5.41, 5.74) is 1.11. The summed E-state index contributed by atoms with van der Waals surface area (Å²) in [7, 11) is 0. The Morgan fingerprint density at radius 3 is 2.48 bits per heavy atom. The molecule has 5 heteroatoms. The molecule has 128 valence electrons. The lowest BCUT2D eigenvalue weighted by Gasteiger charge is -2.19. The molecular formula is C20H20N2O3. The second-order valence-corrected chi connectivity index (χ2v) is 6.19. The van der Waals surface area contributed by atoms with Gasteiger partial charge in [-0.1, -0.05) is 43.7 Å². The largest absolute Gasteiger partial charge is 0.480 e. The zero-order valence-corrected chi connectivity index (χ0v) is 14.3. The molecule has 0 aliphatic rings. The van der Waals surface area contributed by atoms with Crippen molar-refractivity contribution in [3.63, 3.8) is 0 Å². The highest BCUT2D eigenvalue weighted by molar-refractivity contribution is 5.81. The average Bonchev–Trinajstić information content (AvgIpc) is 3.09. The van der Waals surface area contributed by atoms with E-state index in [2.05, 4.69) is 9.97 Å². The number of pyridine rings is 1. The van der Waals surface area contributed by atoms with Crippen molar-refractivity contribution in [1.82, 2.24) is 9.97 Å². The highest BCUT2D eigenvalue weighted by atomic mass is 16.4. The zero-order chi connectivity index (χ0) is 17.9. The van der Waals surface area contributed by atoms with Crippen LogP contribution < -0.4 is 0 Å². The van der Waals surface area contributed by atoms with Crippen molar-refractivity contribution in [1.29, 1.82) is 0 Å². The van der Waals surface area contributed by atoms with E-state index in [-0.39, 0.29) is 5.89 Å². The van der Waals surface area contributed by atoms with Gasteiger partial charge in [-0.2, -0.15) is 0 Å². The lowest BCUT2D eigenvalue weighted by Crippen LogP contribution is -2.32. The minimum absolute atomic E-state index is 0.222. The fraction of sp³-hybridized carbons (Fsp3) is 0.250. The van der Waals surface area contributed by atoms with Gasteiger partial charge in [-0.25, -0.2) is 4.98 Å². The van der Waals surface area contributed by atoms with Crippen LogP contribution in [0.2, 0.25) is 0 Å². The molecule has 5 nitrogen and oxygen atoms in total. The zero-order valence-electron chi connectivity index (χ0n) is 14.3. The Morgan fingerprint density at radius 1 is 1.16 bits per heavy atom. The fourth-order valence-corrected chi connectivity index (χ4v) is 2.85. The lowest BCUT2D eigenvalue weighted by atomic mass is 9.85. The monoisotopic (exact) mass is 336 g/mol. The van der Waals surface area contributed by atoms with E-state index >= 15 is 0 Å². The first-order valence-corrected chi connectivity index (χ1v) is 8.26. The van der Waals surface area contributed by atoms with Crippen molar-refractivity contribution in [2.75, 3.05) is 0 Å². The highest BCUT2D eigenvalue weighted by Gasteiger charge is 2.40. The molecule has 1 unspecified atom stereocenters. The maximum Gasteiger partial charge on any atom is 0.318 e. The van der Waals surface area contributed by atoms with E-state index in [0.29, 0.717) is 24.3 Å². The summed E-state index contributed by atoms with van der Waals surface area (Å²) in [6.07, 6.45) is 4.54. The van der Waals surface area contributed by atoms with Crippen molar-refractivity contribution in [2.24, 2.45) is 0 Å². The number of aromatic nitrogens is 2. The second kappa shape index (κ2) is 6.89. The van der Waals surface area contributed by atoms with Crippen molar-refractivity contribution in [2.45, 2.75) is 32.1 Å². The van der Waals surface area contributed by atoms with Gasteiger partial charge in [0.25, 0.3) is 0 Å². The molecule has 0 amide bonds. The van der Waals surface area contributed by atoms with Gasteiger partial charge in [-0.15, -0.1) is 0 Å². The van der Waals surface area contributed by atoms with Gasteiger partial charge in [0.1, 0.15) is 11.1 Å². The number of hydrogen-bond donors (Lipinski definition) is 1. The van der Waals surface area contributed by atoms with Crippen LogP contribution in [0.3, 0.4) is 0 Å². The second-order valence-electron chi connectivity index (χ2n) is 6.19. The Balaban J connectivity index is 2.20. The maximum atomic E-state index is 11.9. The number of carboxylic acids is 1. The number of carbonyl (C=O) groups is 1. The minimum atomic E-state index is -1.17. The molecule has 3 aromatic rings. The number of oxazole rings is 1. The van der Waals surface area contributed by atoms with E-state index in [0.717, 1.165) is 11.1 Å². The third-order valence-corrected chi connectivity index (χ3v) is 4.29. The minimum Gasteiger partial charge on any atom is -0.480 e. The fourth-order valence-electron chi connectivity index (χ4n) is 2.85. The lowest BCUT2D eigenvalue weighted by molar-refractivity contribution is -0.144. The molecule has 2 aromatic heterocycles. The quantitative estimate of drug-likeness (QED) is 0.715. The molecule has 0 saturated heterocycles. The smallest absolute Gasteiger partial charge is 0.318 e. The molecule has 2 heterocycles. The van der Waals surface area contributed by atoms with E-state index in [9.17, 15) is 9.90 Å². The van der Waals surface area contributed by atoms with Crippen molar-refractivity contribution < 1.29 is 14.3 Å². The van der Waals surface area contributed by atoms with Gasteiger partial charge in [-0.05, 0) is 25.5 Å². The number of hydrogen-bond acceptors (Lipinski definition) is 4. The summed E-state index contributed by atoms with van der Waals surface area (Å²) in [5, 5.41) is 9.75. The van der Waals surface area contributed by atoms with E-state index in [1.54, 1.807) is 19.3 Å². The molecule has 0 radical (unpaired) electrons. The van der Waals surface area contributed by atoms with Crippen LogP contribution in [0.5, 0.6) is 0 Å². The highest BCUT2D eigenvalue weighted by Crippen LogP contribution is 2.38. The molecule has 0 aliphatic heterocycles. The van der Waals surface area contributed by atoms with Gasteiger partial charge in [0.2, 0.25) is 5.89 Å². The molecule has 1 aromatic carbocycles. The summed E-state index contributed by atoms with van der Waals surface area (Å²) in [6.45, 7) is 3.61. The van der Waals surface area contributed by atoms with Crippen LogP contribution in [0.1, 0.15) is 32.6 Å². The third kappa shape index (κ3) is 3.18. The SMILES string of the molecule is CCCC(C)(C(=O)O)c1nc(-c2ccccc2)c(-c2cccnc2)o1. The van der Waals surface area contributed by atoms with Crippen LogP contribution in [0, 0.1) is 0 Å². The van der Waals surface area contributed by atoms with Crippen LogP contribution in [0.4, 0.5) is 0 Å². The first kappa shape index (κ1) is 16.9. The van der Waals surface area contributed by atoms with E-state index in [4.69, 9.17) is 4.42 Å². The average molecular weight is 336 g/mol. The van der Waals surface area contributed by atoms with Crippen molar-refractivity contribution in [3.8, 4) is 22.6 Å². The summed E-state index contributed by atoms with van der Waals surface area (Å²) in [6, 6.07) is 13.3. The van der Waals surface area contributed by atoms with Gasteiger partial charge in [0.15, 0.2) is 5.76 Å². The normalized spacial score (nSPS) is 13.4. The number of nitrogens with zero attached hydrogens (tertiary/aromatic N) is 2. The molecule has 25 heavy (non-hydrogen) atoms. The molecular weight excluding hydrogens is 316 g/mol. The third-order valence-electron chi connectivity index (χ3n) is 4.29. The van der Waals surface area contributed by atoms with E-state index in [1.807, 2.05) is 49.4 Å². The van der Waals surface area contributed by atoms with Crippen LogP contribution >= 0.6 is 0 Å². The Hall–Kier alpha value is -2.95. The van der Waals surface area contributed by atoms with Crippen molar-refractivity contribution in [3.05, 3.63) is 60.7 Å². The topological polar surface area (TPSA) is 76.2 Å². The van der Waals surface area contributed by atoms with Crippen LogP contribution in [0.25, 0.3) is 22.6 Å². The summed E-state index contributed by atoms with van der Waals surface area (Å²) in [5.74, 6) is -0.176. The summed E-state index contributed by atoms with van der Waals surface area (Å²) < 4.78 is 6.00. The van der Waals surface area contributed by atoms with Gasteiger partial charge >= 0.3 is 5.97 Å². The van der Waals surface area contributed by atoms with Crippen LogP contribution in [-0.4, -0.2) is 21.0 Å². The predicted molar refractivity (Wildman–Crippen MR) is 95.1 cm³/mol. The number of benzene rings is 1. The number of rotatable bonds is 6. The summed E-state index contributed by atoms with van der Waals surface area (Å²) >= 11 is 0. The standard InChI is InChI=1S/C20H20N2O3/c1-3-11-20(2,19(23)24)18-22-16(14-8-5-4-6-9-14)17(25-18)15-10-7-12-21-13-15/h4-10,12-13H,3,11H2,1-2H3,(H,23,24). The molecule has 1 atom stereocenters. The van der Waals surface area contributed by atoms with Crippen LogP contribution in [-0.2, 0) is 10.2 Å². The summed E-state index contributed by atoms with van der Waals surface area (Å²) in [4.78, 5) is 20.6. The van der Waals surface area contributed by atoms with Gasteiger partial charge < -0.3 is 9.52 Å². The van der Waals surface area contributed by atoms with Crippen molar-refractivity contribution >= 4 is 5.97 Å². The van der Waals surface area contributed by atoms with E-state index < -0.39 is 11.4 Å². The van der Waals surface area contributed by atoms with Gasteiger partial charge in [-0.3, -0.25) is 9.78 Å². The molecule has 3 rings (SSSR count). The molecule has 0 aliphatic carbocycles. The molecule has 0 bridgehead atoms. The predicted octanol–water partition coefficient (Wildman–Crippen LogP) is 4.55. The number of carboxylic acid groups (broad SMARTS) is 1. The Bertz CT molecular complexity index is 802. The molecule has 0 saturated carbocycles. The van der Waals surface area contributed by atoms with Crippen LogP contribution in [0.15, 0.2) is 59.3 Å². The Morgan fingerprint density at radius 2 is 1.88 bits per heavy atom. The molecule has 1 N–H and O–H groups in total. The van der Waals surface area contributed by atoms with Gasteiger partial charge in [0, 0.05) is 23.5 Å². The first-order chi connectivity index (χ1) is 12.1. The molecule has 0 fully saturated rings. The van der Waals surface area contributed by atoms with E-state index in [1.165, 1.54) is 0 Å². The maximum absolute atomic E-state index is 11.9. The Labute approximate surface area is 146 Å². The molecule has 0 spiro atoms. The Kier molecular flexibility index (Phi) is 4.65. The van der Waals surface area contributed by atoms with Gasteiger partial charge in [0.05, 0.1) is 0 Å². The number of aliphatic carboxylic acids is 1. The first-order valence-electron chi connectivity index (χ1n) is 8.26.